The van der Waals surface area contributed by atoms with E-state index in [4.69, 9.17) is 14.2 Å². The fourth-order valence-corrected chi connectivity index (χ4v) is 5.92. The number of carbonyl (C=O) groups excluding carboxylic acids is 1. The molecule has 0 radical (unpaired) electrons. The number of aromatic nitrogens is 3. The number of likely N-dealkylation sites (tertiary alicyclic amines) is 1. The van der Waals surface area contributed by atoms with E-state index in [2.05, 4.69) is 30.1 Å². The molecule has 0 spiro atoms. The zero-order chi connectivity index (χ0) is 33.1. The molecule has 6 rings (SSSR count). The average Bonchev–Trinajstić information content (AvgIpc) is 3.05. The quantitative estimate of drug-likeness (QED) is 0.351. The van der Waals surface area contributed by atoms with E-state index in [1.165, 1.54) is 25.4 Å². The molecular formula is C32H36F2N8O5. The van der Waals surface area contributed by atoms with Gasteiger partial charge in [0.2, 0.25) is 5.88 Å². The Bertz CT molecular complexity index is 1640. The minimum atomic E-state index is -3.38. The summed E-state index contributed by atoms with van der Waals surface area (Å²) in [5, 5.41) is 22.5. The van der Waals surface area contributed by atoms with Crippen LogP contribution >= 0.6 is 0 Å². The van der Waals surface area contributed by atoms with Crippen molar-refractivity contribution in [2.75, 3.05) is 69.8 Å². The highest BCUT2D eigenvalue weighted by Gasteiger charge is 2.48. The number of amides is 1. The number of halogens is 2. The topological polar surface area (TPSA) is 149 Å². The number of pyridine rings is 1. The minimum absolute atomic E-state index is 0.00140. The maximum atomic E-state index is 14.9. The molecule has 1 unspecified atom stereocenters. The van der Waals surface area contributed by atoms with Crippen LogP contribution in [0.15, 0.2) is 42.7 Å². The van der Waals surface area contributed by atoms with Crippen molar-refractivity contribution in [3.05, 3.63) is 48.3 Å². The smallest absolute Gasteiger partial charge is 0.301 e. The van der Waals surface area contributed by atoms with Crippen molar-refractivity contribution in [1.82, 2.24) is 24.8 Å². The lowest BCUT2D eigenvalue weighted by Crippen LogP contribution is -2.56. The molecule has 1 aromatic carbocycles. The lowest BCUT2D eigenvalue weighted by atomic mass is 10.0. The number of anilines is 3. The van der Waals surface area contributed by atoms with Crippen molar-refractivity contribution in [2.24, 2.45) is 0 Å². The van der Waals surface area contributed by atoms with Crippen LogP contribution in [0.4, 0.5) is 26.1 Å². The van der Waals surface area contributed by atoms with Crippen molar-refractivity contribution in [3.63, 3.8) is 0 Å². The Morgan fingerprint density at radius 3 is 2.57 bits per heavy atom. The van der Waals surface area contributed by atoms with Gasteiger partial charge in [-0.2, -0.15) is 10.2 Å². The van der Waals surface area contributed by atoms with Crippen LogP contribution in [0.5, 0.6) is 11.6 Å². The molecule has 0 aliphatic carbocycles. The van der Waals surface area contributed by atoms with Crippen LogP contribution < -0.4 is 19.7 Å². The van der Waals surface area contributed by atoms with Crippen molar-refractivity contribution >= 4 is 23.2 Å². The van der Waals surface area contributed by atoms with E-state index in [-0.39, 0.29) is 24.3 Å². The summed E-state index contributed by atoms with van der Waals surface area (Å²) in [5.41, 5.74) is 2.00. The van der Waals surface area contributed by atoms with Gasteiger partial charge in [-0.15, -0.1) is 0 Å². The predicted molar refractivity (Wildman–Crippen MR) is 167 cm³/mol. The molecule has 2 N–H and O–H groups in total. The lowest BCUT2D eigenvalue weighted by Gasteiger charge is -2.43. The minimum Gasteiger partial charge on any atom is -0.483 e. The second kappa shape index (κ2) is 13.6. The second-order valence-corrected chi connectivity index (χ2v) is 11.8. The van der Waals surface area contributed by atoms with E-state index >= 15 is 0 Å². The highest BCUT2D eigenvalue weighted by atomic mass is 19.3. The van der Waals surface area contributed by atoms with E-state index in [1.54, 1.807) is 19.2 Å². The Morgan fingerprint density at radius 1 is 1.13 bits per heavy atom. The van der Waals surface area contributed by atoms with Crippen molar-refractivity contribution in [3.8, 4) is 29.0 Å². The molecule has 15 heteroatoms. The van der Waals surface area contributed by atoms with Crippen molar-refractivity contribution in [2.45, 2.75) is 37.5 Å². The normalized spacial score (nSPS) is 20.6. The molecule has 1 amide bonds. The van der Waals surface area contributed by atoms with Gasteiger partial charge in [-0.3, -0.25) is 9.69 Å². The van der Waals surface area contributed by atoms with Crippen LogP contribution in [-0.2, 0) is 9.53 Å². The van der Waals surface area contributed by atoms with Gasteiger partial charge in [0.1, 0.15) is 41.6 Å². The van der Waals surface area contributed by atoms with Crippen LogP contribution in [0.2, 0.25) is 0 Å². The number of nitrogens with zero attached hydrogens (tertiary/aromatic N) is 7. The van der Waals surface area contributed by atoms with Crippen LogP contribution in [0.1, 0.15) is 18.9 Å². The Balaban J connectivity index is 1.12. The van der Waals surface area contributed by atoms with E-state index < -0.39 is 30.6 Å². The summed E-state index contributed by atoms with van der Waals surface area (Å²) in [6.07, 6.45) is -1.71. The van der Waals surface area contributed by atoms with Crippen LogP contribution in [-0.4, -0.2) is 120 Å². The lowest BCUT2D eigenvalue weighted by molar-refractivity contribution is -0.165. The van der Waals surface area contributed by atoms with Gasteiger partial charge in [-0.05, 0) is 37.3 Å². The maximum absolute atomic E-state index is 14.9. The van der Waals surface area contributed by atoms with Gasteiger partial charge in [0.25, 0.3) is 5.91 Å². The van der Waals surface area contributed by atoms with Gasteiger partial charge in [0.05, 0.1) is 44.2 Å². The third-order valence-electron chi connectivity index (χ3n) is 8.62. The summed E-state index contributed by atoms with van der Waals surface area (Å²) in [6, 6.07) is 12.6. The van der Waals surface area contributed by atoms with Gasteiger partial charge in [0.15, 0.2) is 6.10 Å². The molecule has 0 bridgehead atoms. The van der Waals surface area contributed by atoms with Gasteiger partial charge in [-0.1, -0.05) is 0 Å². The fourth-order valence-electron chi connectivity index (χ4n) is 5.92. The number of aliphatic hydroxyl groups is 1. The number of aliphatic hydroxyl groups excluding tert-OH is 1. The Labute approximate surface area is 270 Å². The summed E-state index contributed by atoms with van der Waals surface area (Å²) < 4.78 is 46.4. The van der Waals surface area contributed by atoms with E-state index in [0.717, 1.165) is 50.0 Å². The number of ether oxygens (including phenoxy) is 3. The van der Waals surface area contributed by atoms with Gasteiger partial charge >= 0.3 is 5.92 Å². The Morgan fingerprint density at radius 2 is 1.91 bits per heavy atom. The van der Waals surface area contributed by atoms with Gasteiger partial charge in [0, 0.05) is 50.8 Å². The Kier molecular flexibility index (Phi) is 9.35. The fraction of sp³-hybridized carbons (Fsp3) is 0.469. The summed E-state index contributed by atoms with van der Waals surface area (Å²) in [4.78, 5) is 30.9. The first-order chi connectivity index (χ1) is 22.6. The predicted octanol–water partition coefficient (Wildman–Crippen LogP) is 2.68. The number of alkyl halides is 2. The van der Waals surface area contributed by atoms with Crippen molar-refractivity contribution in [1.29, 1.82) is 5.26 Å². The molecule has 3 aliphatic rings. The number of carbonyl (C=O) groups is 1. The molecule has 248 valence electrons. The first kappa shape index (κ1) is 32.3. The average molecular weight is 651 g/mol. The molecule has 47 heavy (non-hydrogen) atoms. The van der Waals surface area contributed by atoms with E-state index in [0.29, 0.717) is 34.8 Å². The molecule has 5 heterocycles. The largest absolute Gasteiger partial charge is 0.483 e. The summed E-state index contributed by atoms with van der Waals surface area (Å²) >= 11 is 0. The molecule has 2 aromatic heterocycles. The van der Waals surface area contributed by atoms with E-state index in [1.807, 2.05) is 18.2 Å². The molecule has 3 aliphatic heterocycles. The number of piperidine rings is 1. The molecule has 3 fully saturated rings. The van der Waals surface area contributed by atoms with Gasteiger partial charge < -0.3 is 34.4 Å². The third-order valence-corrected chi connectivity index (χ3v) is 8.62. The maximum Gasteiger partial charge on any atom is 0.301 e. The van der Waals surface area contributed by atoms with E-state index in [9.17, 15) is 23.9 Å². The molecule has 3 saturated heterocycles. The summed E-state index contributed by atoms with van der Waals surface area (Å²) in [5.74, 6) is -2.69. The molecule has 2 atom stereocenters. The number of nitrogens with one attached hydrogen (secondary N) is 1. The molecule has 3 aromatic rings. The van der Waals surface area contributed by atoms with Crippen LogP contribution in [0, 0.1) is 11.3 Å². The number of nitriles is 1. The SMILES string of the molecule is COc1nc(Nc2cc(-c3ccc(OC4CCN(C(=O)[C@H](C)O)CC4(F)F)c(C#N)c3)ncn2)ccc1N1CCN(C2COC2)CC1. The zero-order valence-corrected chi connectivity index (χ0v) is 26.1. The Hall–Kier alpha value is -4.65. The number of methoxy groups -OCH3 is 1. The highest BCUT2D eigenvalue weighted by Crippen LogP contribution is 2.35. The number of piperazine rings is 1. The third kappa shape index (κ3) is 7.04. The molecule has 13 nitrogen and oxygen atoms in total. The number of rotatable bonds is 9. The zero-order valence-electron chi connectivity index (χ0n) is 26.1. The first-order valence-corrected chi connectivity index (χ1v) is 15.4. The molecular weight excluding hydrogens is 614 g/mol. The highest BCUT2D eigenvalue weighted by molar-refractivity contribution is 5.80. The van der Waals surface area contributed by atoms with Crippen LogP contribution in [0.3, 0.4) is 0 Å². The summed E-state index contributed by atoms with van der Waals surface area (Å²) in [7, 11) is 1.59. The summed E-state index contributed by atoms with van der Waals surface area (Å²) in [6.45, 7) is 5.56. The first-order valence-electron chi connectivity index (χ1n) is 15.4. The monoisotopic (exact) mass is 650 g/mol. The van der Waals surface area contributed by atoms with Crippen LogP contribution in [0.25, 0.3) is 11.3 Å². The standard InChI is InChI=1S/C32H36F2N8O5/c1-20(43)31(44)42-8-7-27(32(33,34)18-42)47-26-5-3-21(13-22(26)15-35)24-14-29(37-19-36-24)38-28-6-4-25(30(39-28)45-2)41-11-9-40(10-12-41)23-16-46-17-23/h3-6,13-14,19-20,23,27,43H,7-12,16-18H2,1-2H3,(H,36,37,38,39)/t20-,27?/m0/s1. The number of benzene rings is 1. The molecule has 0 saturated carbocycles. The number of hydrogen-bond acceptors (Lipinski definition) is 12. The second-order valence-electron chi connectivity index (χ2n) is 11.8. The number of hydrogen-bond donors (Lipinski definition) is 2. The van der Waals surface area contributed by atoms with Crippen molar-refractivity contribution < 1.29 is 32.9 Å². The van der Waals surface area contributed by atoms with Gasteiger partial charge in [-0.25, -0.2) is 18.7 Å².